The number of fused-ring (bicyclic) bond motifs is 1. The Morgan fingerprint density at radius 3 is 1.72 bits per heavy atom. The van der Waals surface area contributed by atoms with Gasteiger partial charge in [-0.25, -0.2) is 0 Å². The maximum atomic E-state index is 14.9. The normalized spacial score (nSPS) is 18.9. The molecule has 1 aliphatic rings. The fraction of sp³-hybridized carbons (Fsp3) is 0.239. The first-order valence-corrected chi connectivity index (χ1v) is 18.7. The number of hydrogen-bond acceptors (Lipinski definition) is 12. The molecule has 0 unspecified atom stereocenters. The molecule has 1 N–H and O–H groups in total. The molecule has 12 heteroatoms. The first-order valence-electron chi connectivity index (χ1n) is 18.7. The number of hydrogen-bond donors (Lipinski definition) is 1. The van der Waals surface area contributed by atoms with Crippen LogP contribution in [0.25, 0.3) is 22.3 Å². The second-order valence-corrected chi connectivity index (χ2v) is 13.7. The minimum Gasteiger partial charge on any atom is -0.489 e. The molecule has 0 saturated carbocycles. The Balaban J connectivity index is 1.33. The highest BCUT2D eigenvalue weighted by Gasteiger charge is 2.49. The molecule has 0 amide bonds. The molecule has 7 rings (SSSR count). The van der Waals surface area contributed by atoms with Gasteiger partial charge in [-0.05, 0) is 47.9 Å². The lowest BCUT2D eigenvalue weighted by molar-refractivity contribution is -0.277. The van der Waals surface area contributed by atoms with Gasteiger partial charge in [-0.1, -0.05) is 91.0 Å². The second kappa shape index (κ2) is 18.1. The Bertz CT molecular complexity index is 2380. The average molecular weight is 787 g/mol. The van der Waals surface area contributed by atoms with E-state index in [4.69, 9.17) is 37.6 Å². The quantitative estimate of drug-likeness (QED) is 0.109. The lowest BCUT2D eigenvalue weighted by atomic mass is 9.99. The summed E-state index contributed by atoms with van der Waals surface area (Å²) in [7, 11) is 0. The number of carbonyl (C=O) groups excluding carboxylic acids is 2. The highest BCUT2D eigenvalue weighted by molar-refractivity contribution is 5.88. The summed E-state index contributed by atoms with van der Waals surface area (Å²) >= 11 is 0. The highest BCUT2D eigenvalue weighted by Crippen LogP contribution is 2.39. The number of esters is 2. The third kappa shape index (κ3) is 9.48. The molecular formula is C46H42O12. The van der Waals surface area contributed by atoms with Gasteiger partial charge in [0.15, 0.2) is 18.0 Å². The Hall–Kier alpha value is -6.63. The van der Waals surface area contributed by atoms with E-state index in [2.05, 4.69) is 0 Å². The smallest absolute Gasteiger partial charge is 0.303 e. The van der Waals surface area contributed by atoms with Gasteiger partial charge in [0, 0.05) is 31.5 Å². The molecule has 12 nitrogen and oxygen atoms in total. The summed E-state index contributed by atoms with van der Waals surface area (Å²) in [5.74, 6) is -0.672. The van der Waals surface area contributed by atoms with E-state index < -0.39 is 48.1 Å². The van der Waals surface area contributed by atoms with Gasteiger partial charge in [-0.15, -0.1) is 0 Å². The van der Waals surface area contributed by atoms with Gasteiger partial charge < -0.3 is 42.7 Å². The van der Waals surface area contributed by atoms with Gasteiger partial charge in [0.1, 0.15) is 54.1 Å². The van der Waals surface area contributed by atoms with E-state index >= 15 is 0 Å². The summed E-state index contributed by atoms with van der Waals surface area (Å²) in [6.07, 6.45) is -6.79. The SMILES string of the molecule is CC(=O)O[C@@H]1[C@@H](O)[C@@H](OC(C)=O)[C@H](Oc2c(-c3ccc(OCc4ccccc4)cc3)oc3cc(OCc4ccccc4)cc(OCc4ccccc4)c3c2=O)O[C@H]1C. The van der Waals surface area contributed by atoms with Crippen LogP contribution < -0.4 is 24.4 Å². The molecule has 1 aromatic heterocycles. The second-order valence-electron chi connectivity index (χ2n) is 13.7. The minimum atomic E-state index is -1.58. The van der Waals surface area contributed by atoms with Gasteiger partial charge in [-0.3, -0.25) is 14.4 Å². The summed E-state index contributed by atoms with van der Waals surface area (Å²) in [6.45, 7) is 4.57. The molecule has 6 aromatic rings. The Kier molecular flexibility index (Phi) is 12.4. The van der Waals surface area contributed by atoms with Crippen molar-refractivity contribution in [2.45, 2.75) is 71.3 Å². The van der Waals surface area contributed by atoms with Gasteiger partial charge in [0.05, 0.1) is 6.10 Å². The van der Waals surface area contributed by atoms with Crippen LogP contribution in [0.15, 0.2) is 137 Å². The average Bonchev–Trinajstić information content (AvgIpc) is 3.23. The van der Waals surface area contributed by atoms with E-state index in [-0.39, 0.29) is 41.4 Å². The fourth-order valence-corrected chi connectivity index (χ4v) is 6.53. The lowest BCUT2D eigenvalue weighted by Gasteiger charge is -2.41. The van der Waals surface area contributed by atoms with E-state index in [9.17, 15) is 19.5 Å². The van der Waals surface area contributed by atoms with E-state index in [1.54, 1.807) is 43.3 Å². The molecule has 298 valence electrons. The summed E-state index contributed by atoms with van der Waals surface area (Å²) in [4.78, 5) is 39.1. The molecule has 0 bridgehead atoms. The predicted octanol–water partition coefficient (Wildman–Crippen LogP) is 7.54. The zero-order valence-corrected chi connectivity index (χ0v) is 32.1. The number of aliphatic hydroxyl groups is 1. The summed E-state index contributed by atoms with van der Waals surface area (Å²) in [5, 5.41) is 11.4. The van der Waals surface area contributed by atoms with Crippen LogP contribution in [0.1, 0.15) is 37.5 Å². The Labute approximate surface area is 334 Å². The molecule has 5 atom stereocenters. The zero-order valence-electron chi connectivity index (χ0n) is 32.1. The van der Waals surface area contributed by atoms with Crippen LogP contribution >= 0.6 is 0 Å². The van der Waals surface area contributed by atoms with Crippen LogP contribution in [0, 0.1) is 0 Å². The first kappa shape index (κ1) is 39.6. The van der Waals surface area contributed by atoms with Crippen molar-refractivity contribution < 1.29 is 52.3 Å². The van der Waals surface area contributed by atoms with Gasteiger partial charge in [0.25, 0.3) is 0 Å². The van der Waals surface area contributed by atoms with Crippen molar-refractivity contribution in [2.75, 3.05) is 0 Å². The largest absolute Gasteiger partial charge is 0.489 e. The van der Waals surface area contributed by atoms with Crippen molar-refractivity contribution in [2.24, 2.45) is 0 Å². The molecule has 0 radical (unpaired) electrons. The molecule has 5 aromatic carbocycles. The maximum Gasteiger partial charge on any atom is 0.303 e. The Morgan fingerprint density at radius 2 is 1.17 bits per heavy atom. The number of aliphatic hydroxyl groups excluding tert-OH is 1. The number of rotatable bonds is 14. The van der Waals surface area contributed by atoms with Crippen molar-refractivity contribution in [3.05, 3.63) is 154 Å². The van der Waals surface area contributed by atoms with Crippen molar-refractivity contribution in [3.63, 3.8) is 0 Å². The lowest BCUT2D eigenvalue weighted by Crippen LogP contribution is -2.60. The number of ether oxygens (including phenoxy) is 7. The van der Waals surface area contributed by atoms with E-state index in [0.717, 1.165) is 23.6 Å². The van der Waals surface area contributed by atoms with Crippen LogP contribution in [0.4, 0.5) is 0 Å². The third-order valence-electron chi connectivity index (χ3n) is 9.33. The third-order valence-corrected chi connectivity index (χ3v) is 9.33. The van der Waals surface area contributed by atoms with Gasteiger partial charge >= 0.3 is 11.9 Å². The van der Waals surface area contributed by atoms with Crippen molar-refractivity contribution >= 4 is 22.9 Å². The maximum absolute atomic E-state index is 14.9. The van der Waals surface area contributed by atoms with Crippen molar-refractivity contribution in [1.82, 2.24) is 0 Å². The summed E-state index contributed by atoms with van der Waals surface area (Å²) in [5.41, 5.74) is 2.68. The highest BCUT2D eigenvalue weighted by atomic mass is 16.7. The molecular weight excluding hydrogens is 744 g/mol. The van der Waals surface area contributed by atoms with Gasteiger partial charge in [-0.2, -0.15) is 0 Å². The fourth-order valence-electron chi connectivity index (χ4n) is 6.53. The van der Waals surface area contributed by atoms with E-state index in [1.807, 2.05) is 91.0 Å². The molecule has 2 heterocycles. The molecule has 0 aliphatic carbocycles. The van der Waals surface area contributed by atoms with E-state index in [0.29, 0.717) is 23.7 Å². The van der Waals surface area contributed by atoms with Crippen LogP contribution in [0.3, 0.4) is 0 Å². The van der Waals surface area contributed by atoms with Crippen LogP contribution in [-0.4, -0.2) is 47.8 Å². The van der Waals surface area contributed by atoms with E-state index in [1.165, 1.54) is 6.92 Å². The van der Waals surface area contributed by atoms with Gasteiger partial charge in [0.2, 0.25) is 17.5 Å². The minimum absolute atomic E-state index is 0.00393. The molecule has 1 saturated heterocycles. The molecule has 58 heavy (non-hydrogen) atoms. The zero-order chi connectivity index (χ0) is 40.6. The summed E-state index contributed by atoms with van der Waals surface area (Å²) in [6, 6.07) is 38.9. The van der Waals surface area contributed by atoms with Crippen LogP contribution in [-0.2, 0) is 43.6 Å². The standard InChI is InChI=1S/C46H42O12/c1-28-42(55-29(2)47)41(50)45(56-30(3)48)46(54-28)58-44-40(49)39-37(53-27-33-17-11-6-12-18-33)23-36(52-26-32-15-9-5-10-16-32)24-38(39)57-43(44)34-19-21-35(22-20-34)51-25-31-13-7-4-8-14-31/h4-24,28,41-42,45-46,50H,25-27H2,1-3H3/t28-,41+,42-,45+,46-/m0/s1. The van der Waals surface area contributed by atoms with Crippen LogP contribution in [0.5, 0.6) is 23.0 Å². The molecule has 1 aliphatic heterocycles. The van der Waals surface area contributed by atoms with Crippen LogP contribution in [0.2, 0.25) is 0 Å². The predicted molar refractivity (Wildman–Crippen MR) is 212 cm³/mol. The van der Waals surface area contributed by atoms with Crippen molar-refractivity contribution in [3.8, 4) is 34.3 Å². The Morgan fingerprint density at radius 1 is 0.655 bits per heavy atom. The topological polar surface area (TPSA) is 149 Å². The first-order chi connectivity index (χ1) is 28.1. The monoisotopic (exact) mass is 786 g/mol. The number of benzene rings is 5. The molecule has 0 spiro atoms. The molecule has 1 fully saturated rings. The number of carbonyl (C=O) groups is 2. The van der Waals surface area contributed by atoms with Crippen molar-refractivity contribution in [1.29, 1.82) is 0 Å². The summed E-state index contributed by atoms with van der Waals surface area (Å²) < 4.78 is 48.3.